The van der Waals surface area contributed by atoms with Gasteiger partial charge in [0.15, 0.2) is 0 Å². The molecule has 0 aliphatic rings. The van der Waals surface area contributed by atoms with Gasteiger partial charge in [-0.3, -0.25) is 4.79 Å². The van der Waals surface area contributed by atoms with Gasteiger partial charge in [-0.25, -0.2) is 0 Å². The number of aliphatic carboxylic acids is 1. The van der Waals surface area contributed by atoms with Crippen molar-refractivity contribution < 1.29 is 23.1 Å². The third-order valence-electron chi connectivity index (χ3n) is 3.04. The number of carboxylic acids is 1. The predicted molar refractivity (Wildman–Crippen MR) is 63.8 cm³/mol. The molecule has 1 aromatic heterocycles. The topological polar surface area (TPSA) is 53.1 Å². The average Bonchev–Trinajstić information content (AvgIpc) is 2.71. The van der Waals surface area contributed by atoms with E-state index in [0.717, 1.165) is 6.07 Å². The molecule has 0 fully saturated rings. The van der Waals surface area contributed by atoms with Gasteiger partial charge in [0, 0.05) is 17.1 Å². The number of carboxylic acid groups (broad SMARTS) is 1. The molecule has 2 rings (SSSR count). The van der Waals surface area contributed by atoms with E-state index in [2.05, 4.69) is 4.98 Å². The molecule has 0 amide bonds. The fourth-order valence-electron chi connectivity index (χ4n) is 2.07. The second kappa shape index (κ2) is 4.60. The van der Waals surface area contributed by atoms with Gasteiger partial charge >= 0.3 is 12.1 Å². The summed E-state index contributed by atoms with van der Waals surface area (Å²) in [4.78, 5) is 13.6. The Balaban J connectivity index is 2.54. The van der Waals surface area contributed by atoms with E-state index >= 15 is 0 Å². The SMILES string of the molecule is CC(Cc1c[nH]c2cccc(C(F)(F)F)c12)C(=O)O. The van der Waals surface area contributed by atoms with Crippen molar-refractivity contribution >= 4 is 16.9 Å². The van der Waals surface area contributed by atoms with Crippen molar-refractivity contribution in [3.05, 3.63) is 35.5 Å². The summed E-state index contributed by atoms with van der Waals surface area (Å²) in [6.45, 7) is 1.47. The molecule has 0 aliphatic heterocycles. The number of rotatable bonds is 3. The maximum absolute atomic E-state index is 12.9. The van der Waals surface area contributed by atoms with Crippen LogP contribution in [0.1, 0.15) is 18.1 Å². The summed E-state index contributed by atoms with van der Waals surface area (Å²) in [6.07, 6.45) is -2.95. The fourth-order valence-corrected chi connectivity index (χ4v) is 2.07. The van der Waals surface area contributed by atoms with Crippen LogP contribution in [0, 0.1) is 5.92 Å². The maximum Gasteiger partial charge on any atom is 0.417 e. The average molecular weight is 271 g/mol. The number of carbonyl (C=O) groups is 1. The lowest BCUT2D eigenvalue weighted by molar-refractivity contribution is -0.141. The van der Waals surface area contributed by atoms with Crippen molar-refractivity contribution in [1.29, 1.82) is 0 Å². The smallest absolute Gasteiger partial charge is 0.417 e. The van der Waals surface area contributed by atoms with Crippen molar-refractivity contribution in [2.75, 3.05) is 0 Å². The van der Waals surface area contributed by atoms with Gasteiger partial charge in [-0.05, 0) is 24.1 Å². The van der Waals surface area contributed by atoms with Gasteiger partial charge in [-0.2, -0.15) is 13.2 Å². The standard InChI is InChI=1S/C13H12F3NO2/c1-7(12(18)19)5-8-6-17-10-4-2-3-9(11(8)10)13(14,15)16/h2-4,6-7,17H,5H2,1H3,(H,18,19). The molecular formula is C13H12F3NO2. The molecule has 0 saturated carbocycles. The summed E-state index contributed by atoms with van der Waals surface area (Å²) in [5, 5.41) is 8.91. The van der Waals surface area contributed by atoms with E-state index in [9.17, 15) is 18.0 Å². The number of hydrogen-bond donors (Lipinski definition) is 2. The van der Waals surface area contributed by atoms with Gasteiger partial charge in [0.2, 0.25) is 0 Å². The minimum absolute atomic E-state index is 0.0580. The van der Waals surface area contributed by atoms with Crippen LogP contribution in [0.2, 0.25) is 0 Å². The maximum atomic E-state index is 12.9. The number of halogens is 3. The van der Waals surface area contributed by atoms with Crippen LogP contribution in [-0.4, -0.2) is 16.1 Å². The highest BCUT2D eigenvalue weighted by Crippen LogP contribution is 2.36. The Bertz CT molecular complexity index is 616. The zero-order valence-corrected chi connectivity index (χ0v) is 10.1. The Kier molecular flexibility index (Phi) is 3.26. The third-order valence-corrected chi connectivity index (χ3v) is 3.04. The van der Waals surface area contributed by atoms with Crippen LogP contribution in [0.5, 0.6) is 0 Å². The zero-order valence-electron chi connectivity index (χ0n) is 10.1. The molecular weight excluding hydrogens is 259 g/mol. The monoisotopic (exact) mass is 271 g/mol. The summed E-state index contributed by atoms with van der Waals surface area (Å²) < 4.78 is 38.8. The van der Waals surface area contributed by atoms with Gasteiger partial charge in [-0.15, -0.1) is 0 Å². The predicted octanol–water partition coefficient (Wildman–Crippen LogP) is 3.45. The molecule has 0 spiro atoms. The molecule has 102 valence electrons. The Morgan fingerprint density at radius 2 is 2.11 bits per heavy atom. The molecule has 1 atom stereocenters. The first kappa shape index (κ1) is 13.5. The first-order valence-electron chi connectivity index (χ1n) is 5.69. The summed E-state index contributed by atoms with van der Waals surface area (Å²) >= 11 is 0. The Morgan fingerprint density at radius 3 is 2.68 bits per heavy atom. The molecule has 0 bridgehead atoms. The quantitative estimate of drug-likeness (QED) is 0.898. The van der Waals surface area contributed by atoms with Gasteiger partial charge in [-0.1, -0.05) is 13.0 Å². The Hall–Kier alpha value is -1.98. The molecule has 2 N–H and O–H groups in total. The highest BCUT2D eigenvalue weighted by Gasteiger charge is 2.33. The second-order valence-corrected chi connectivity index (χ2v) is 4.48. The van der Waals surface area contributed by atoms with E-state index in [1.54, 1.807) is 6.07 Å². The number of H-pyrrole nitrogens is 1. The van der Waals surface area contributed by atoms with Gasteiger partial charge in [0.1, 0.15) is 0 Å². The fraction of sp³-hybridized carbons (Fsp3) is 0.308. The lowest BCUT2D eigenvalue weighted by Gasteiger charge is -2.11. The largest absolute Gasteiger partial charge is 0.481 e. The lowest BCUT2D eigenvalue weighted by atomic mass is 9.98. The molecule has 0 saturated heterocycles. The summed E-state index contributed by atoms with van der Waals surface area (Å²) in [6, 6.07) is 3.87. The summed E-state index contributed by atoms with van der Waals surface area (Å²) in [5.74, 6) is -1.76. The highest BCUT2D eigenvalue weighted by atomic mass is 19.4. The minimum Gasteiger partial charge on any atom is -0.481 e. The van der Waals surface area contributed by atoms with Crippen LogP contribution in [0.25, 0.3) is 10.9 Å². The third kappa shape index (κ3) is 2.57. The first-order valence-corrected chi connectivity index (χ1v) is 5.69. The first-order chi connectivity index (χ1) is 8.80. The van der Waals surface area contributed by atoms with Crippen molar-refractivity contribution in [3.63, 3.8) is 0 Å². The van der Waals surface area contributed by atoms with Gasteiger partial charge < -0.3 is 10.1 Å². The normalized spacial score (nSPS) is 13.7. The number of aromatic amines is 1. The second-order valence-electron chi connectivity index (χ2n) is 4.48. The van der Waals surface area contributed by atoms with Crippen molar-refractivity contribution in [2.24, 2.45) is 5.92 Å². The van der Waals surface area contributed by atoms with Crippen molar-refractivity contribution in [1.82, 2.24) is 4.98 Å². The van der Waals surface area contributed by atoms with Crippen LogP contribution in [-0.2, 0) is 17.4 Å². The summed E-state index contributed by atoms with van der Waals surface area (Å²) in [5.41, 5.74) is -0.000854. The molecule has 6 heteroatoms. The molecule has 3 nitrogen and oxygen atoms in total. The van der Waals surface area contributed by atoms with E-state index in [0.29, 0.717) is 11.1 Å². The van der Waals surface area contributed by atoms with Crippen molar-refractivity contribution in [3.8, 4) is 0 Å². The van der Waals surface area contributed by atoms with Crippen LogP contribution >= 0.6 is 0 Å². The highest BCUT2D eigenvalue weighted by molar-refractivity contribution is 5.87. The van der Waals surface area contributed by atoms with E-state index < -0.39 is 23.6 Å². The van der Waals surface area contributed by atoms with Crippen LogP contribution < -0.4 is 0 Å². The number of nitrogens with one attached hydrogen (secondary N) is 1. The van der Waals surface area contributed by atoms with E-state index in [-0.39, 0.29) is 11.8 Å². The Labute approximate surface area is 107 Å². The van der Waals surface area contributed by atoms with Crippen LogP contribution in [0.4, 0.5) is 13.2 Å². The van der Waals surface area contributed by atoms with Gasteiger partial charge in [0.05, 0.1) is 11.5 Å². The molecule has 2 aromatic rings. The molecule has 1 aromatic carbocycles. The van der Waals surface area contributed by atoms with Crippen molar-refractivity contribution in [2.45, 2.75) is 19.5 Å². The van der Waals surface area contributed by atoms with E-state index in [4.69, 9.17) is 5.11 Å². The molecule has 1 unspecified atom stereocenters. The molecule has 19 heavy (non-hydrogen) atoms. The van der Waals surface area contributed by atoms with E-state index in [1.807, 2.05) is 0 Å². The van der Waals surface area contributed by atoms with Gasteiger partial charge in [0.25, 0.3) is 0 Å². The molecule has 1 heterocycles. The number of aromatic nitrogens is 1. The Morgan fingerprint density at radius 1 is 1.42 bits per heavy atom. The molecule has 0 aliphatic carbocycles. The van der Waals surface area contributed by atoms with Crippen LogP contribution in [0.15, 0.2) is 24.4 Å². The summed E-state index contributed by atoms with van der Waals surface area (Å²) in [7, 11) is 0. The number of alkyl halides is 3. The molecule has 0 radical (unpaired) electrons. The zero-order chi connectivity index (χ0) is 14.2. The number of hydrogen-bond acceptors (Lipinski definition) is 1. The van der Waals surface area contributed by atoms with Crippen LogP contribution in [0.3, 0.4) is 0 Å². The minimum atomic E-state index is -4.46. The lowest BCUT2D eigenvalue weighted by Crippen LogP contribution is -2.13. The number of benzene rings is 1. The van der Waals surface area contributed by atoms with E-state index in [1.165, 1.54) is 19.2 Å². The number of fused-ring (bicyclic) bond motifs is 1.